The van der Waals surface area contributed by atoms with Crippen LogP contribution >= 0.6 is 31.9 Å². The molecule has 1 saturated carbocycles. The summed E-state index contributed by atoms with van der Waals surface area (Å²) in [5.74, 6) is 0.558. The first-order chi connectivity index (χ1) is 10.1. The van der Waals surface area contributed by atoms with Crippen LogP contribution in [0.25, 0.3) is 0 Å². The predicted molar refractivity (Wildman–Crippen MR) is 86.0 cm³/mol. The molecule has 6 heteroatoms. The average molecular weight is 416 g/mol. The van der Waals surface area contributed by atoms with Crippen LogP contribution in [-0.2, 0) is 6.54 Å². The fraction of sp³-hybridized carbons (Fsp3) is 0.267. The molecule has 0 spiro atoms. The second kappa shape index (κ2) is 6.42. The minimum absolute atomic E-state index is 0.353. The van der Waals surface area contributed by atoms with Gasteiger partial charge in [-0.3, -0.25) is 0 Å². The van der Waals surface area contributed by atoms with Crippen molar-refractivity contribution in [2.45, 2.75) is 25.4 Å². The van der Waals surface area contributed by atoms with E-state index >= 15 is 0 Å². The number of halogens is 3. The van der Waals surface area contributed by atoms with Crippen LogP contribution in [0.5, 0.6) is 11.6 Å². The zero-order valence-corrected chi connectivity index (χ0v) is 14.2. The summed E-state index contributed by atoms with van der Waals surface area (Å²) in [4.78, 5) is 4.28. The van der Waals surface area contributed by atoms with Gasteiger partial charge in [0.25, 0.3) is 0 Å². The van der Waals surface area contributed by atoms with Gasteiger partial charge in [0.2, 0.25) is 5.88 Å². The van der Waals surface area contributed by atoms with Crippen LogP contribution in [0.15, 0.2) is 39.4 Å². The van der Waals surface area contributed by atoms with Gasteiger partial charge in [0, 0.05) is 39.4 Å². The van der Waals surface area contributed by atoms with Gasteiger partial charge in [-0.25, -0.2) is 9.37 Å². The molecule has 1 aromatic heterocycles. The molecule has 0 amide bonds. The highest BCUT2D eigenvalue weighted by Crippen LogP contribution is 2.29. The standard InChI is InChI=1S/C15H13Br2FN2O/c16-10-4-12(18)6-14(5-10)21-15-9(3-11(17)8-20-15)7-19-13-1-2-13/h3-6,8,13,19H,1-2,7H2. The van der Waals surface area contributed by atoms with Crippen LogP contribution in [-0.4, -0.2) is 11.0 Å². The third kappa shape index (κ3) is 4.25. The second-order valence-corrected chi connectivity index (χ2v) is 6.81. The summed E-state index contributed by atoms with van der Waals surface area (Å²) in [5.41, 5.74) is 0.941. The number of ether oxygens (including phenoxy) is 1. The molecular weight excluding hydrogens is 403 g/mol. The molecule has 0 unspecified atom stereocenters. The van der Waals surface area contributed by atoms with E-state index in [-0.39, 0.29) is 5.82 Å². The molecule has 110 valence electrons. The molecule has 3 rings (SSSR count). The fourth-order valence-corrected chi connectivity index (χ4v) is 2.75. The first kappa shape index (κ1) is 14.9. The molecular formula is C15H13Br2FN2O. The zero-order valence-electron chi connectivity index (χ0n) is 11.1. The number of nitrogens with one attached hydrogen (secondary N) is 1. The molecule has 0 atom stereocenters. The molecule has 1 N–H and O–H groups in total. The molecule has 1 aliphatic carbocycles. The van der Waals surface area contributed by atoms with Gasteiger partial charge in [0.15, 0.2) is 0 Å². The predicted octanol–water partition coefficient (Wildman–Crippen LogP) is 4.79. The number of hydrogen-bond donors (Lipinski definition) is 1. The Hall–Kier alpha value is -0.980. The van der Waals surface area contributed by atoms with Gasteiger partial charge < -0.3 is 10.1 Å². The lowest BCUT2D eigenvalue weighted by molar-refractivity contribution is 0.448. The van der Waals surface area contributed by atoms with Crippen LogP contribution in [0.1, 0.15) is 18.4 Å². The first-order valence-corrected chi connectivity index (χ1v) is 8.20. The van der Waals surface area contributed by atoms with Crippen molar-refractivity contribution < 1.29 is 9.13 Å². The third-order valence-corrected chi connectivity index (χ3v) is 3.99. The number of aromatic nitrogens is 1. The molecule has 1 heterocycles. The van der Waals surface area contributed by atoms with Crippen molar-refractivity contribution in [3.63, 3.8) is 0 Å². The van der Waals surface area contributed by atoms with Gasteiger partial charge in [0.05, 0.1) is 0 Å². The van der Waals surface area contributed by atoms with Crippen molar-refractivity contribution >= 4 is 31.9 Å². The lowest BCUT2D eigenvalue weighted by atomic mass is 10.2. The Morgan fingerprint density at radius 1 is 1.19 bits per heavy atom. The first-order valence-electron chi connectivity index (χ1n) is 6.62. The lowest BCUT2D eigenvalue weighted by Crippen LogP contribution is -2.16. The maximum Gasteiger partial charge on any atom is 0.223 e. The number of benzene rings is 1. The highest BCUT2D eigenvalue weighted by Gasteiger charge is 2.21. The molecule has 21 heavy (non-hydrogen) atoms. The van der Waals surface area contributed by atoms with Crippen LogP contribution < -0.4 is 10.1 Å². The zero-order chi connectivity index (χ0) is 14.8. The molecule has 0 radical (unpaired) electrons. The molecule has 1 aromatic carbocycles. The number of nitrogens with zero attached hydrogens (tertiary/aromatic N) is 1. The Bertz CT molecular complexity index is 642. The third-order valence-electron chi connectivity index (χ3n) is 3.10. The van der Waals surface area contributed by atoms with Crippen molar-refractivity contribution in [2.75, 3.05) is 0 Å². The van der Waals surface area contributed by atoms with E-state index in [9.17, 15) is 4.39 Å². The maximum absolute atomic E-state index is 13.4. The van der Waals surface area contributed by atoms with E-state index in [1.807, 2.05) is 6.07 Å². The van der Waals surface area contributed by atoms with Gasteiger partial charge in [-0.2, -0.15) is 0 Å². The van der Waals surface area contributed by atoms with Crippen molar-refractivity contribution in [3.8, 4) is 11.6 Å². The smallest absolute Gasteiger partial charge is 0.223 e. The van der Waals surface area contributed by atoms with Crippen molar-refractivity contribution in [2.24, 2.45) is 0 Å². The van der Waals surface area contributed by atoms with Gasteiger partial charge >= 0.3 is 0 Å². The van der Waals surface area contributed by atoms with E-state index < -0.39 is 0 Å². The molecule has 0 bridgehead atoms. The van der Waals surface area contributed by atoms with Crippen molar-refractivity contribution in [1.82, 2.24) is 10.3 Å². The molecule has 2 aromatic rings. The van der Waals surface area contributed by atoms with E-state index in [1.165, 1.54) is 25.0 Å². The Morgan fingerprint density at radius 2 is 2.00 bits per heavy atom. The largest absolute Gasteiger partial charge is 0.439 e. The van der Waals surface area contributed by atoms with E-state index in [0.717, 1.165) is 10.0 Å². The summed E-state index contributed by atoms with van der Waals surface area (Å²) in [6, 6.07) is 7.00. The highest BCUT2D eigenvalue weighted by molar-refractivity contribution is 9.10. The van der Waals surface area contributed by atoms with Gasteiger partial charge in [-0.15, -0.1) is 0 Å². The van der Waals surface area contributed by atoms with E-state index in [2.05, 4.69) is 42.2 Å². The maximum atomic E-state index is 13.4. The summed E-state index contributed by atoms with van der Waals surface area (Å²) in [5, 5.41) is 3.42. The van der Waals surface area contributed by atoms with Crippen molar-refractivity contribution in [3.05, 3.63) is 50.8 Å². The Balaban J connectivity index is 1.82. The number of hydrogen-bond acceptors (Lipinski definition) is 3. The topological polar surface area (TPSA) is 34.1 Å². The van der Waals surface area contributed by atoms with E-state index in [0.29, 0.717) is 28.7 Å². The molecule has 3 nitrogen and oxygen atoms in total. The number of rotatable bonds is 5. The monoisotopic (exact) mass is 414 g/mol. The Kier molecular flexibility index (Phi) is 4.57. The lowest BCUT2D eigenvalue weighted by Gasteiger charge is -2.11. The van der Waals surface area contributed by atoms with Crippen LogP contribution in [0.3, 0.4) is 0 Å². The van der Waals surface area contributed by atoms with E-state index in [4.69, 9.17) is 4.74 Å². The molecule has 0 aliphatic heterocycles. The van der Waals surface area contributed by atoms with Gasteiger partial charge in [0.1, 0.15) is 11.6 Å². The van der Waals surface area contributed by atoms with Gasteiger partial charge in [-0.05, 0) is 47.0 Å². The summed E-state index contributed by atoms with van der Waals surface area (Å²) in [6.07, 6.45) is 4.10. The minimum Gasteiger partial charge on any atom is -0.439 e. The van der Waals surface area contributed by atoms with Crippen molar-refractivity contribution in [1.29, 1.82) is 0 Å². The quantitative estimate of drug-likeness (QED) is 0.762. The van der Waals surface area contributed by atoms with Crippen LogP contribution in [0.4, 0.5) is 4.39 Å². The summed E-state index contributed by atoms with van der Waals surface area (Å²) in [7, 11) is 0. The summed E-state index contributed by atoms with van der Waals surface area (Å²) >= 11 is 6.67. The van der Waals surface area contributed by atoms with Crippen LogP contribution in [0.2, 0.25) is 0 Å². The molecule has 1 fully saturated rings. The molecule has 0 saturated heterocycles. The Morgan fingerprint density at radius 3 is 2.71 bits per heavy atom. The van der Waals surface area contributed by atoms with E-state index in [1.54, 1.807) is 12.3 Å². The molecule has 1 aliphatic rings. The Labute approximate surface area is 139 Å². The normalized spacial score (nSPS) is 14.2. The highest BCUT2D eigenvalue weighted by atomic mass is 79.9. The van der Waals surface area contributed by atoms with Crippen LogP contribution in [0, 0.1) is 5.82 Å². The SMILES string of the molecule is Fc1cc(Br)cc(Oc2ncc(Br)cc2CNC2CC2)c1. The van der Waals surface area contributed by atoms with Gasteiger partial charge in [-0.1, -0.05) is 15.9 Å². The summed E-state index contributed by atoms with van der Waals surface area (Å²) < 4.78 is 20.7. The minimum atomic E-state index is -0.353. The average Bonchev–Trinajstić information content (AvgIpc) is 3.22. The fourth-order valence-electron chi connectivity index (χ4n) is 1.93. The number of pyridine rings is 1. The summed E-state index contributed by atoms with van der Waals surface area (Å²) in [6.45, 7) is 0.683. The second-order valence-electron chi connectivity index (χ2n) is 4.98.